The van der Waals surface area contributed by atoms with E-state index in [0.717, 1.165) is 5.69 Å². The summed E-state index contributed by atoms with van der Waals surface area (Å²) in [5.74, 6) is 0.721. The summed E-state index contributed by atoms with van der Waals surface area (Å²) in [6, 6.07) is 14.6. The lowest BCUT2D eigenvalue weighted by Gasteiger charge is -2.14. The number of nitrogens with zero attached hydrogens (tertiary/aromatic N) is 3. The smallest absolute Gasteiger partial charge is 0.324 e. The van der Waals surface area contributed by atoms with Crippen molar-refractivity contribution in [3.05, 3.63) is 77.2 Å². The summed E-state index contributed by atoms with van der Waals surface area (Å²) in [6.45, 7) is 7.64. The number of pyridine rings is 1. The van der Waals surface area contributed by atoms with Gasteiger partial charge in [-0.3, -0.25) is 10.3 Å². The molecule has 0 aliphatic carbocycles. The van der Waals surface area contributed by atoms with Crippen LogP contribution in [-0.4, -0.2) is 44.3 Å². The molecule has 186 valence electrons. The number of benzene rings is 2. The van der Waals surface area contributed by atoms with Crippen molar-refractivity contribution >= 4 is 52.2 Å². The van der Waals surface area contributed by atoms with E-state index >= 15 is 0 Å². The predicted molar refractivity (Wildman–Crippen MR) is 142 cm³/mol. The van der Waals surface area contributed by atoms with Gasteiger partial charge in [-0.1, -0.05) is 17.7 Å². The van der Waals surface area contributed by atoms with Crippen molar-refractivity contribution in [2.75, 3.05) is 48.1 Å². The Balaban J connectivity index is 1.44. The molecule has 3 rings (SSSR count). The van der Waals surface area contributed by atoms with Gasteiger partial charge in [0.1, 0.15) is 11.6 Å². The summed E-state index contributed by atoms with van der Waals surface area (Å²) in [5, 5.41) is 11.3. The van der Waals surface area contributed by atoms with Crippen LogP contribution < -0.4 is 30.9 Å². The SMILES string of the molecule is [C-]#[N+]c1ccc(NC(=O)Nc2cc(Cl)ccc2OCCCNC(=O)Nc2ccc(N(C)C)cc2)nc1. The van der Waals surface area contributed by atoms with Crippen LogP contribution in [0.1, 0.15) is 6.42 Å². The van der Waals surface area contributed by atoms with Crippen LogP contribution in [0.25, 0.3) is 4.85 Å². The van der Waals surface area contributed by atoms with Gasteiger partial charge in [0, 0.05) is 43.2 Å². The van der Waals surface area contributed by atoms with E-state index in [1.54, 1.807) is 24.3 Å². The summed E-state index contributed by atoms with van der Waals surface area (Å²) < 4.78 is 5.78. The van der Waals surface area contributed by atoms with Crippen molar-refractivity contribution in [3.8, 4) is 5.75 Å². The largest absolute Gasteiger partial charge is 0.491 e. The van der Waals surface area contributed by atoms with Gasteiger partial charge in [0.05, 0.1) is 18.9 Å². The summed E-state index contributed by atoms with van der Waals surface area (Å²) in [5.41, 5.74) is 2.49. The quantitative estimate of drug-likeness (QED) is 0.223. The Morgan fingerprint density at radius 1 is 1.03 bits per heavy atom. The number of hydrogen-bond acceptors (Lipinski definition) is 5. The molecule has 0 radical (unpaired) electrons. The number of carbonyl (C=O) groups excluding carboxylic acids is 2. The topological polar surface area (TPSA) is 112 Å². The maximum absolute atomic E-state index is 12.4. The molecule has 0 saturated heterocycles. The minimum atomic E-state index is -0.540. The molecule has 36 heavy (non-hydrogen) atoms. The highest BCUT2D eigenvalue weighted by molar-refractivity contribution is 6.31. The van der Waals surface area contributed by atoms with Gasteiger partial charge < -0.3 is 25.6 Å². The van der Waals surface area contributed by atoms with Gasteiger partial charge in [-0.2, -0.15) is 0 Å². The number of hydrogen-bond donors (Lipinski definition) is 4. The maximum atomic E-state index is 12.4. The zero-order valence-electron chi connectivity index (χ0n) is 19.8. The molecule has 1 heterocycles. The molecule has 0 spiro atoms. The van der Waals surface area contributed by atoms with E-state index in [1.807, 2.05) is 43.3 Å². The highest BCUT2D eigenvalue weighted by Crippen LogP contribution is 2.28. The zero-order chi connectivity index (χ0) is 25.9. The predicted octanol–water partition coefficient (Wildman–Crippen LogP) is 5.59. The summed E-state index contributed by atoms with van der Waals surface area (Å²) in [6.07, 6.45) is 1.91. The van der Waals surface area contributed by atoms with E-state index in [1.165, 1.54) is 12.3 Å². The number of rotatable bonds is 9. The molecule has 10 nitrogen and oxygen atoms in total. The van der Waals surface area contributed by atoms with Crippen molar-refractivity contribution < 1.29 is 14.3 Å². The van der Waals surface area contributed by atoms with E-state index in [-0.39, 0.29) is 6.03 Å². The van der Waals surface area contributed by atoms with Gasteiger partial charge in [-0.25, -0.2) is 14.4 Å². The first-order valence-corrected chi connectivity index (χ1v) is 11.4. The standard InChI is InChI=1S/C25H26ClN7O3/c1-27-19-8-12-23(29-16-19)32-25(35)31-21-15-17(26)5-11-22(21)36-14-4-13-28-24(34)30-18-6-9-20(10-7-18)33(2)3/h5-12,15-16H,4,13-14H2,2-3H3,(H2,28,30,34)(H2,29,31,32,35). The number of aromatic nitrogens is 1. The van der Waals surface area contributed by atoms with Crippen LogP contribution in [0.4, 0.5) is 38.2 Å². The average Bonchev–Trinajstić information content (AvgIpc) is 2.85. The molecular weight excluding hydrogens is 482 g/mol. The van der Waals surface area contributed by atoms with Crippen LogP contribution in [0.15, 0.2) is 60.8 Å². The third kappa shape index (κ3) is 8.07. The molecule has 4 amide bonds. The number of carbonyl (C=O) groups is 2. The number of anilines is 4. The first-order valence-electron chi connectivity index (χ1n) is 11.0. The zero-order valence-corrected chi connectivity index (χ0v) is 20.6. The highest BCUT2D eigenvalue weighted by Gasteiger charge is 2.10. The van der Waals surface area contributed by atoms with Crippen LogP contribution in [0.3, 0.4) is 0 Å². The third-order valence-electron chi connectivity index (χ3n) is 4.81. The fourth-order valence-corrected chi connectivity index (χ4v) is 3.17. The molecule has 0 aliphatic rings. The molecule has 2 aromatic carbocycles. The van der Waals surface area contributed by atoms with Crippen molar-refractivity contribution in [3.63, 3.8) is 0 Å². The van der Waals surface area contributed by atoms with Crippen molar-refractivity contribution in [1.82, 2.24) is 10.3 Å². The average molecular weight is 508 g/mol. The second kappa shape index (κ2) is 12.8. The summed E-state index contributed by atoms with van der Waals surface area (Å²) in [7, 11) is 3.90. The lowest BCUT2D eigenvalue weighted by atomic mass is 10.2. The minimum Gasteiger partial charge on any atom is -0.491 e. The van der Waals surface area contributed by atoms with E-state index in [9.17, 15) is 9.59 Å². The van der Waals surface area contributed by atoms with E-state index in [4.69, 9.17) is 22.9 Å². The molecule has 0 atom stereocenters. The molecule has 3 aromatic rings. The molecular formula is C25H26ClN7O3. The van der Waals surface area contributed by atoms with Crippen LogP contribution in [0.2, 0.25) is 5.02 Å². The molecule has 0 aliphatic heterocycles. The van der Waals surface area contributed by atoms with Crippen LogP contribution >= 0.6 is 11.6 Å². The molecule has 11 heteroatoms. The molecule has 0 bridgehead atoms. The van der Waals surface area contributed by atoms with Gasteiger partial charge in [0.2, 0.25) is 5.69 Å². The van der Waals surface area contributed by atoms with Gasteiger partial charge >= 0.3 is 12.1 Å². The fraction of sp³-hybridized carbons (Fsp3) is 0.200. The molecule has 0 fully saturated rings. The van der Waals surface area contributed by atoms with Crippen LogP contribution in [0, 0.1) is 6.57 Å². The monoisotopic (exact) mass is 507 g/mol. The summed E-state index contributed by atoms with van der Waals surface area (Å²) >= 11 is 6.08. The van der Waals surface area contributed by atoms with Crippen molar-refractivity contribution in [2.45, 2.75) is 6.42 Å². The molecule has 4 N–H and O–H groups in total. The Bertz CT molecular complexity index is 1230. The second-order valence-electron chi connectivity index (χ2n) is 7.76. The summed E-state index contributed by atoms with van der Waals surface area (Å²) in [4.78, 5) is 33.7. The van der Waals surface area contributed by atoms with Crippen molar-refractivity contribution in [1.29, 1.82) is 0 Å². The number of urea groups is 2. The normalized spacial score (nSPS) is 10.1. The van der Waals surface area contributed by atoms with Gasteiger partial charge in [-0.15, -0.1) is 0 Å². The van der Waals surface area contributed by atoms with Gasteiger partial charge in [0.25, 0.3) is 0 Å². The van der Waals surface area contributed by atoms with Crippen LogP contribution in [-0.2, 0) is 0 Å². The van der Waals surface area contributed by atoms with Crippen molar-refractivity contribution in [2.24, 2.45) is 0 Å². The minimum absolute atomic E-state index is 0.294. The molecule has 1 aromatic heterocycles. The van der Waals surface area contributed by atoms with E-state index in [2.05, 4.69) is 31.1 Å². The first kappa shape index (κ1) is 26.1. The van der Waals surface area contributed by atoms with Gasteiger partial charge in [0.15, 0.2) is 0 Å². The Labute approximate surface area is 214 Å². The third-order valence-corrected chi connectivity index (χ3v) is 5.05. The molecule has 0 unspecified atom stereocenters. The first-order chi connectivity index (χ1) is 17.3. The molecule has 0 saturated carbocycles. The van der Waals surface area contributed by atoms with E-state index in [0.29, 0.717) is 53.2 Å². The Morgan fingerprint density at radius 2 is 1.81 bits per heavy atom. The number of ether oxygens (including phenoxy) is 1. The Morgan fingerprint density at radius 3 is 2.47 bits per heavy atom. The van der Waals surface area contributed by atoms with Gasteiger partial charge in [-0.05, 0) is 55.0 Å². The maximum Gasteiger partial charge on any atom is 0.324 e. The number of amides is 4. The fourth-order valence-electron chi connectivity index (χ4n) is 3.00. The van der Waals surface area contributed by atoms with E-state index < -0.39 is 6.03 Å². The number of nitrogens with one attached hydrogen (secondary N) is 4. The lowest BCUT2D eigenvalue weighted by Crippen LogP contribution is -2.30. The Hall–Kier alpha value is -4.49. The Kier molecular flexibility index (Phi) is 9.31. The second-order valence-corrected chi connectivity index (χ2v) is 8.19. The highest BCUT2D eigenvalue weighted by atomic mass is 35.5. The number of halogens is 1. The van der Waals surface area contributed by atoms with Crippen LogP contribution in [0.5, 0.6) is 5.75 Å². The lowest BCUT2D eigenvalue weighted by molar-refractivity contribution is 0.250.